The van der Waals surface area contributed by atoms with Crippen LogP contribution in [-0.4, -0.2) is 5.66 Å². The van der Waals surface area contributed by atoms with Gasteiger partial charge in [-0.2, -0.15) is 0 Å². The Morgan fingerprint density at radius 1 is 0.875 bits per heavy atom. The molecule has 4 N–H and O–H groups in total. The molecule has 2 aliphatic carbocycles. The van der Waals surface area contributed by atoms with E-state index in [-0.39, 0.29) is 5.41 Å². The monoisotopic (exact) mass is 224 g/mol. The van der Waals surface area contributed by atoms with Crippen LogP contribution >= 0.6 is 0 Å². The van der Waals surface area contributed by atoms with Gasteiger partial charge in [-0.05, 0) is 36.5 Å². The minimum absolute atomic E-state index is 0.105. The van der Waals surface area contributed by atoms with Crippen molar-refractivity contribution >= 4 is 0 Å². The lowest BCUT2D eigenvalue weighted by Gasteiger charge is -2.50. The van der Waals surface area contributed by atoms with Gasteiger partial charge >= 0.3 is 0 Å². The van der Waals surface area contributed by atoms with Crippen molar-refractivity contribution in [2.24, 2.45) is 28.7 Å². The van der Waals surface area contributed by atoms with Gasteiger partial charge in [0.05, 0.1) is 5.66 Å². The molecule has 2 aliphatic rings. The molecule has 94 valence electrons. The predicted octanol–water partition coefficient (Wildman–Crippen LogP) is 3.01. The van der Waals surface area contributed by atoms with E-state index in [1.165, 1.54) is 44.9 Å². The highest BCUT2D eigenvalue weighted by Gasteiger charge is 2.45. The van der Waals surface area contributed by atoms with E-state index in [2.05, 4.69) is 13.8 Å². The van der Waals surface area contributed by atoms with E-state index < -0.39 is 5.66 Å². The minimum Gasteiger partial charge on any atom is -0.313 e. The molecule has 0 heterocycles. The highest BCUT2D eigenvalue weighted by molar-refractivity contribution is 4.99. The molecule has 0 aliphatic heterocycles. The molecule has 2 fully saturated rings. The second kappa shape index (κ2) is 4.30. The first-order chi connectivity index (χ1) is 7.42. The first-order valence-electron chi connectivity index (χ1n) is 7.00. The zero-order valence-corrected chi connectivity index (χ0v) is 11.0. The summed E-state index contributed by atoms with van der Waals surface area (Å²) in [4.78, 5) is 0. The molecule has 2 saturated carbocycles. The van der Waals surface area contributed by atoms with Gasteiger partial charge in [0.1, 0.15) is 0 Å². The van der Waals surface area contributed by atoms with Crippen LogP contribution in [0.3, 0.4) is 0 Å². The van der Waals surface area contributed by atoms with Crippen LogP contribution in [0.5, 0.6) is 0 Å². The largest absolute Gasteiger partial charge is 0.313 e. The van der Waals surface area contributed by atoms with E-state index in [0.717, 1.165) is 18.3 Å². The third-order valence-electron chi connectivity index (χ3n) is 5.28. The molecule has 16 heavy (non-hydrogen) atoms. The lowest BCUT2D eigenvalue weighted by atomic mass is 9.61. The van der Waals surface area contributed by atoms with Crippen molar-refractivity contribution in [2.75, 3.05) is 0 Å². The summed E-state index contributed by atoms with van der Waals surface area (Å²) in [6.07, 6.45) is 10.7. The van der Waals surface area contributed by atoms with Crippen LogP contribution in [0.2, 0.25) is 0 Å². The van der Waals surface area contributed by atoms with E-state index in [4.69, 9.17) is 11.5 Å². The fourth-order valence-corrected chi connectivity index (χ4v) is 3.72. The average molecular weight is 224 g/mol. The van der Waals surface area contributed by atoms with E-state index in [9.17, 15) is 0 Å². The lowest BCUT2D eigenvalue weighted by molar-refractivity contribution is 0.0356. The Morgan fingerprint density at radius 2 is 1.50 bits per heavy atom. The summed E-state index contributed by atoms with van der Waals surface area (Å²) in [6.45, 7) is 4.50. The summed E-state index contributed by atoms with van der Waals surface area (Å²) < 4.78 is 0. The van der Waals surface area contributed by atoms with Crippen LogP contribution in [0.1, 0.15) is 65.2 Å². The molecule has 0 spiro atoms. The second-order valence-corrected chi connectivity index (χ2v) is 6.83. The summed E-state index contributed by atoms with van der Waals surface area (Å²) >= 11 is 0. The van der Waals surface area contributed by atoms with Crippen molar-refractivity contribution in [1.82, 2.24) is 0 Å². The highest BCUT2D eigenvalue weighted by Crippen LogP contribution is 2.47. The van der Waals surface area contributed by atoms with E-state index in [1.807, 2.05) is 0 Å². The van der Waals surface area contributed by atoms with Crippen LogP contribution in [0, 0.1) is 17.3 Å². The maximum absolute atomic E-state index is 6.23. The fourth-order valence-electron chi connectivity index (χ4n) is 3.72. The lowest BCUT2D eigenvalue weighted by Crippen LogP contribution is -2.63. The molecule has 0 bridgehead atoms. The number of hydrogen-bond donors (Lipinski definition) is 2. The Kier molecular flexibility index (Phi) is 3.33. The third kappa shape index (κ3) is 2.28. The Morgan fingerprint density at radius 3 is 2.06 bits per heavy atom. The van der Waals surface area contributed by atoms with Crippen molar-refractivity contribution in [3.8, 4) is 0 Å². The topological polar surface area (TPSA) is 52.0 Å². The summed E-state index contributed by atoms with van der Waals surface area (Å²) in [6, 6.07) is 0. The highest BCUT2D eigenvalue weighted by atomic mass is 15.0. The second-order valence-electron chi connectivity index (χ2n) is 6.83. The fraction of sp³-hybridized carbons (Fsp3) is 1.00. The Labute approximate surface area is 100 Å². The first kappa shape index (κ1) is 12.4. The summed E-state index contributed by atoms with van der Waals surface area (Å²) in [5.41, 5.74) is 12.1. The van der Waals surface area contributed by atoms with E-state index in [1.54, 1.807) is 0 Å². The maximum atomic E-state index is 6.23. The van der Waals surface area contributed by atoms with Crippen molar-refractivity contribution < 1.29 is 0 Å². The van der Waals surface area contributed by atoms with Crippen molar-refractivity contribution in [1.29, 1.82) is 0 Å². The molecule has 0 aromatic rings. The Balaban J connectivity index is 1.99. The van der Waals surface area contributed by atoms with E-state index in [0.29, 0.717) is 0 Å². The summed E-state index contributed by atoms with van der Waals surface area (Å²) in [5, 5.41) is 0. The van der Waals surface area contributed by atoms with Gasteiger partial charge in [-0.15, -0.1) is 0 Å². The maximum Gasteiger partial charge on any atom is 0.0689 e. The summed E-state index contributed by atoms with van der Waals surface area (Å²) in [5.74, 6) is 1.85. The molecule has 0 saturated heterocycles. The first-order valence-corrected chi connectivity index (χ1v) is 7.00. The van der Waals surface area contributed by atoms with Gasteiger partial charge in [0, 0.05) is 0 Å². The van der Waals surface area contributed by atoms with E-state index >= 15 is 0 Å². The van der Waals surface area contributed by atoms with Gasteiger partial charge in [0.2, 0.25) is 0 Å². The Hall–Kier alpha value is -0.0800. The molecule has 2 nitrogen and oxygen atoms in total. The predicted molar refractivity (Wildman–Crippen MR) is 68.8 cm³/mol. The third-order valence-corrected chi connectivity index (χ3v) is 5.28. The zero-order chi connectivity index (χ0) is 11.8. The van der Waals surface area contributed by atoms with Crippen LogP contribution in [0.15, 0.2) is 0 Å². The van der Waals surface area contributed by atoms with Crippen molar-refractivity contribution in [3.63, 3.8) is 0 Å². The van der Waals surface area contributed by atoms with Gasteiger partial charge in [-0.1, -0.05) is 46.0 Å². The normalized spacial score (nSPS) is 34.9. The van der Waals surface area contributed by atoms with Gasteiger partial charge in [0.25, 0.3) is 0 Å². The molecule has 0 aromatic carbocycles. The smallest absolute Gasteiger partial charge is 0.0689 e. The van der Waals surface area contributed by atoms with Crippen LogP contribution < -0.4 is 11.5 Å². The SMILES string of the molecule is CC1(C)CC(C2CCCCC2)CCC1(N)N. The van der Waals surface area contributed by atoms with Crippen LogP contribution in [0.4, 0.5) is 0 Å². The van der Waals surface area contributed by atoms with Crippen LogP contribution in [0.25, 0.3) is 0 Å². The molecule has 2 rings (SSSR count). The molecule has 2 heteroatoms. The summed E-state index contributed by atoms with van der Waals surface area (Å²) in [7, 11) is 0. The number of hydrogen-bond acceptors (Lipinski definition) is 2. The zero-order valence-electron chi connectivity index (χ0n) is 11.0. The Bertz CT molecular complexity index is 239. The molecule has 1 atom stereocenters. The van der Waals surface area contributed by atoms with Gasteiger partial charge in [0.15, 0.2) is 0 Å². The molecular weight excluding hydrogens is 196 g/mol. The number of rotatable bonds is 1. The van der Waals surface area contributed by atoms with Gasteiger partial charge in [-0.3, -0.25) is 0 Å². The molecule has 1 unspecified atom stereocenters. The van der Waals surface area contributed by atoms with Gasteiger partial charge in [-0.25, -0.2) is 0 Å². The standard InChI is InChI=1S/C14H28N2/c1-13(2)10-12(8-9-14(13,15)16)11-6-4-3-5-7-11/h11-12H,3-10,15-16H2,1-2H3. The van der Waals surface area contributed by atoms with Gasteiger partial charge < -0.3 is 11.5 Å². The molecular formula is C14H28N2. The van der Waals surface area contributed by atoms with Crippen LogP contribution in [-0.2, 0) is 0 Å². The molecule has 0 aromatic heterocycles. The molecule has 0 radical (unpaired) electrons. The number of nitrogens with two attached hydrogens (primary N) is 2. The average Bonchev–Trinajstić information content (AvgIpc) is 2.23. The minimum atomic E-state index is -0.446. The van der Waals surface area contributed by atoms with Crippen molar-refractivity contribution in [3.05, 3.63) is 0 Å². The van der Waals surface area contributed by atoms with Crippen molar-refractivity contribution in [2.45, 2.75) is 70.9 Å². The quantitative estimate of drug-likeness (QED) is 0.673. The molecule has 0 amide bonds.